The maximum Gasteiger partial charge on any atom is 0.293 e. The Kier molecular flexibility index (Phi) is 4.82. The molecule has 0 amide bonds. The minimum atomic E-state index is -0.535. The maximum atomic E-state index is 10.6. The summed E-state index contributed by atoms with van der Waals surface area (Å²) < 4.78 is 11.4. The first-order valence-corrected chi connectivity index (χ1v) is 9.18. The van der Waals surface area contributed by atoms with E-state index in [1.54, 1.807) is 0 Å². The second kappa shape index (κ2) is 7.41. The molecule has 0 aromatic heterocycles. The molecule has 4 heteroatoms. The molecule has 0 spiro atoms. The normalized spacial score (nSPS) is 23.7. The molecule has 0 saturated heterocycles. The van der Waals surface area contributed by atoms with Crippen molar-refractivity contribution in [2.75, 3.05) is 18.6 Å². The van der Waals surface area contributed by atoms with E-state index in [4.69, 9.17) is 9.47 Å². The number of para-hydroxylation sites is 1. The molecule has 4 rings (SSSR count). The van der Waals surface area contributed by atoms with Crippen molar-refractivity contribution in [3.05, 3.63) is 90.0 Å². The third-order valence-corrected chi connectivity index (χ3v) is 5.38. The lowest BCUT2D eigenvalue weighted by Crippen LogP contribution is -2.50. The van der Waals surface area contributed by atoms with Crippen LogP contribution in [-0.4, -0.2) is 37.9 Å². The van der Waals surface area contributed by atoms with Crippen LogP contribution in [0.1, 0.15) is 5.56 Å². The lowest BCUT2D eigenvalue weighted by atomic mass is 9.85. The molecular formula is C23H23NO3. The molecule has 0 radical (unpaired) electrons. The third kappa shape index (κ3) is 3.40. The molecule has 2 bridgehead atoms. The van der Waals surface area contributed by atoms with Crippen molar-refractivity contribution in [3.8, 4) is 0 Å². The topological polar surface area (TPSA) is 38.8 Å². The van der Waals surface area contributed by atoms with Gasteiger partial charge in [-0.3, -0.25) is 4.79 Å². The molecule has 27 heavy (non-hydrogen) atoms. The highest BCUT2D eigenvalue weighted by Crippen LogP contribution is 2.42. The number of fused-ring (bicyclic) bond motifs is 2. The number of ether oxygens (including phenoxy) is 2. The van der Waals surface area contributed by atoms with Gasteiger partial charge < -0.3 is 14.4 Å². The predicted octanol–water partition coefficient (Wildman–Crippen LogP) is 3.54. The van der Waals surface area contributed by atoms with Crippen molar-refractivity contribution >= 4 is 12.2 Å². The Labute approximate surface area is 159 Å². The summed E-state index contributed by atoms with van der Waals surface area (Å²) >= 11 is 0. The van der Waals surface area contributed by atoms with E-state index in [2.05, 4.69) is 66.6 Å². The van der Waals surface area contributed by atoms with Gasteiger partial charge in [-0.25, -0.2) is 0 Å². The molecule has 0 fully saturated rings. The van der Waals surface area contributed by atoms with Crippen molar-refractivity contribution in [1.29, 1.82) is 0 Å². The Morgan fingerprint density at radius 3 is 2.56 bits per heavy atom. The van der Waals surface area contributed by atoms with Gasteiger partial charge in [0.1, 0.15) is 18.3 Å². The Balaban J connectivity index is 1.68. The first-order valence-electron chi connectivity index (χ1n) is 9.18. The summed E-state index contributed by atoms with van der Waals surface area (Å²) in [6.45, 7) is 0.758. The summed E-state index contributed by atoms with van der Waals surface area (Å²) in [6.07, 6.45) is 7.07. The lowest BCUT2D eigenvalue weighted by Gasteiger charge is -2.39. The summed E-state index contributed by atoms with van der Waals surface area (Å²) in [5.41, 5.74) is 2.86. The molecule has 2 aliphatic rings. The van der Waals surface area contributed by atoms with Gasteiger partial charge in [0.2, 0.25) is 0 Å². The van der Waals surface area contributed by atoms with Crippen LogP contribution in [-0.2, 0) is 20.7 Å². The third-order valence-electron chi connectivity index (χ3n) is 5.38. The van der Waals surface area contributed by atoms with Crippen LogP contribution in [0.4, 0.5) is 5.69 Å². The van der Waals surface area contributed by atoms with Gasteiger partial charge in [-0.15, -0.1) is 0 Å². The SMILES string of the molecule is CN(c1ccccc1)C(Cc1ccccc1)C12C=CC(O1)C(COC=O)=C2. The Hall–Kier alpha value is -2.85. The molecular weight excluding hydrogens is 338 g/mol. The number of rotatable bonds is 8. The van der Waals surface area contributed by atoms with Gasteiger partial charge in [-0.05, 0) is 41.8 Å². The van der Waals surface area contributed by atoms with Crippen molar-refractivity contribution in [3.63, 3.8) is 0 Å². The van der Waals surface area contributed by atoms with Gasteiger partial charge in [0, 0.05) is 12.7 Å². The molecule has 3 atom stereocenters. The molecule has 4 nitrogen and oxygen atoms in total. The highest BCUT2D eigenvalue weighted by molar-refractivity contribution is 5.52. The van der Waals surface area contributed by atoms with Gasteiger partial charge >= 0.3 is 0 Å². The highest BCUT2D eigenvalue weighted by Gasteiger charge is 2.49. The first-order chi connectivity index (χ1) is 13.2. The fourth-order valence-corrected chi connectivity index (χ4v) is 4.01. The van der Waals surface area contributed by atoms with E-state index in [1.807, 2.05) is 24.3 Å². The number of hydrogen-bond donors (Lipinski definition) is 0. The Morgan fingerprint density at radius 2 is 1.85 bits per heavy atom. The second-order valence-electron chi connectivity index (χ2n) is 7.03. The van der Waals surface area contributed by atoms with Crippen molar-refractivity contribution < 1.29 is 14.3 Å². The molecule has 2 heterocycles. The smallest absolute Gasteiger partial charge is 0.293 e. The molecule has 2 aromatic carbocycles. The number of nitrogens with zero attached hydrogens (tertiary/aromatic N) is 1. The van der Waals surface area contributed by atoms with Gasteiger partial charge in [-0.1, -0.05) is 54.6 Å². The van der Waals surface area contributed by atoms with E-state index in [9.17, 15) is 4.79 Å². The zero-order valence-corrected chi connectivity index (χ0v) is 15.3. The van der Waals surface area contributed by atoms with E-state index in [0.29, 0.717) is 6.47 Å². The number of benzene rings is 2. The molecule has 2 aliphatic heterocycles. The summed E-state index contributed by atoms with van der Waals surface area (Å²) in [5.74, 6) is 0. The standard InChI is InChI=1S/C23H23NO3/c1-24(20-10-6-3-7-11-20)22(14-18-8-4-2-5-9-18)23-13-12-21(27-23)19(15-23)16-26-17-25/h2-13,15,17,21-22H,14,16H2,1H3. The van der Waals surface area contributed by atoms with E-state index < -0.39 is 5.60 Å². The van der Waals surface area contributed by atoms with Gasteiger partial charge in [0.15, 0.2) is 0 Å². The van der Waals surface area contributed by atoms with Crippen molar-refractivity contribution in [1.82, 2.24) is 0 Å². The van der Waals surface area contributed by atoms with Crippen LogP contribution in [0, 0.1) is 0 Å². The van der Waals surface area contributed by atoms with Crippen molar-refractivity contribution in [2.45, 2.75) is 24.2 Å². The van der Waals surface area contributed by atoms with E-state index >= 15 is 0 Å². The number of anilines is 1. The summed E-state index contributed by atoms with van der Waals surface area (Å²) in [7, 11) is 2.11. The summed E-state index contributed by atoms with van der Waals surface area (Å²) in [6, 6.07) is 20.9. The largest absolute Gasteiger partial charge is 0.463 e. The van der Waals surface area contributed by atoms with Gasteiger partial charge in [0.25, 0.3) is 6.47 Å². The van der Waals surface area contributed by atoms with Crippen LogP contribution >= 0.6 is 0 Å². The van der Waals surface area contributed by atoms with Crippen LogP contribution < -0.4 is 4.90 Å². The average Bonchev–Trinajstić information content (AvgIpc) is 3.31. The quantitative estimate of drug-likeness (QED) is 0.533. The summed E-state index contributed by atoms with van der Waals surface area (Å²) in [4.78, 5) is 12.9. The number of carbonyl (C=O) groups excluding carboxylic acids is 1. The first kappa shape index (κ1) is 17.6. The van der Waals surface area contributed by atoms with Crippen LogP contribution in [0.25, 0.3) is 0 Å². The van der Waals surface area contributed by atoms with E-state index in [1.165, 1.54) is 5.56 Å². The Bertz CT molecular complexity index is 846. The molecule has 2 aromatic rings. The van der Waals surface area contributed by atoms with Crippen LogP contribution in [0.2, 0.25) is 0 Å². The number of likely N-dealkylation sites (N-methyl/N-ethyl adjacent to an activating group) is 1. The van der Waals surface area contributed by atoms with E-state index in [-0.39, 0.29) is 18.8 Å². The fourth-order valence-electron chi connectivity index (χ4n) is 4.01. The molecule has 0 N–H and O–H groups in total. The highest BCUT2D eigenvalue weighted by atomic mass is 16.5. The molecule has 0 saturated carbocycles. The second-order valence-corrected chi connectivity index (χ2v) is 7.03. The van der Waals surface area contributed by atoms with Gasteiger partial charge in [-0.2, -0.15) is 0 Å². The van der Waals surface area contributed by atoms with E-state index in [0.717, 1.165) is 17.7 Å². The van der Waals surface area contributed by atoms with Crippen LogP contribution in [0.15, 0.2) is 84.5 Å². The fraction of sp³-hybridized carbons (Fsp3) is 0.261. The molecule has 3 unspecified atom stereocenters. The predicted molar refractivity (Wildman–Crippen MR) is 106 cm³/mol. The lowest BCUT2D eigenvalue weighted by molar-refractivity contribution is -0.128. The van der Waals surface area contributed by atoms with Crippen LogP contribution in [0.3, 0.4) is 0 Å². The molecule has 138 valence electrons. The van der Waals surface area contributed by atoms with Gasteiger partial charge in [0.05, 0.1) is 6.04 Å². The zero-order valence-electron chi connectivity index (χ0n) is 15.3. The average molecular weight is 361 g/mol. The maximum absolute atomic E-state index is 10.6. The zero-order chi connectivity index (χ0) is 18.7. The Morgan fingerprint density at radius 1 is 1.15 bits per heavy atom. The monoisotopic (exact) mass is 361 g/mol. The molecule has 0 aliphatic carbocycles. The minimum Gasteiger partial charge on any atom is -0.463 e. The minimum absolute atomic E-state index is 0.0669. The number of carbonyl (C=O) groups is 1. The summed E-state index contributed by atoms with van der Waals surface area (Å²) in [5, 5.41) is 0. The number of hydrogen-bond acceptors (Lipinski definition) is 4. The van der Waals surface area contributed by atoms with Crippen LogP contribution in [0.5, 0.6) is 0 Å². The van der Waals surface area contributed by atoms with Crippen molar-refractivity contribution in [2.24, 2.45) is 0 Å².